The van der Waals surface area contributed by atoms with Crippen LogP contribution in [0.2, 0.25) is 0 Å². The number of hydrogen-bond acceptors (Lipinski definition) is 4. The second-order valence-electron chi connectivity index (χ2n) is 10.4. The Morgan fingerprint density at radius 2 is 0.897 bits per heavy atom. The maximum Gasteiger partial charge on any atom is 0.380 e. The Labute approximate surface area is 229 Å². The van der Waals surface area contributed by atoms with Crippen molar-refractivity contribution in [2.24, 2.45) is 0 Å². The predicted octanol–water partition coefficient (Wildman–Crippen LogP) is 8.80. The molecule has 2 aromatic rings. The minimum absolute atomic E-state index is 0.138. The van der Waals surface area contributed by atoms with Gasteiger partial charge in [-0.1, -0.05) is 36.4 Å². The lowest BCUT2D eigenvalue weighted by Gasteiger charge is -2.48. The van der Waals surface area contributed by atoms with E-state index in [2.05, 4.69) is 0 Å². The van der Waals surface area contributed by atoms with Crippen LogP contribution in [0.1, 0.15) is 38.8 Å². The molecule has 0 amide bonds. The maximum atomic E-state index is 15.7. The number of aromatic hydroxyl groups is 2. The van der Waals surface area contributed by atoms with Crippen molar-refractivity contribution in [1.82, 2.24) is 0 Å². The van der Waals surface area contributed by atoms with Gasteiger partial charge in [-0.2, -0.15) is 26.3 Å². The van der Waals surface area contributed by atoms with Crippen LogP contribution in [0.15, 0.2) is 82.0 Å². The molecule has 10 heteroatoms. The van der Waals surface area contributed by atoms with Gasteiger partial charge in [0.2, 0.25) is 0 Å². The van der Waals surface area contributed by atoms with Crippen molar-refractivity contribution < 1.29 is 36.6 Å². The minimum atomic E-state index is -5.66. The van der Waals surface area contributed by atoms with Gasteiger partial charge in [0.15, 0.2) is 0 Å². The van der Waals surface area contributed by atoms with E-state index < -0.39 is 38.4 Å². The van der Waals surface area contributed by atoms with E-state index in [9.17, 15) is 10.2 Å². The van der Waals surface area contributed by atoms with Crippen LogP contribution in [0.25, 0.3) is 9.81 Å². The number of benzene rings is 2. The number of hydrogen-bond donors (Lipinski definition) is 2. The quantitative estimate of drug-likeness (QED) is 0.349. The smallest absolute Gasteiger partial charge is 0.380 e. The molecule has 2 aromatic carbocycles. The Kier molecular flexibility index (Phi) is 5.25. The highest BCUT2D eigenvalue weighted by Crippen LogP contribution is 2.77. The maximum absolute atomic E-state index is 15.7. The molecule has 4 aliphatic rings. The standard InChI is InChI=1S/C29H22F6O2S2/c1-13-19-21-22(28(32,33)29(34,35)27(21,30)31)20-14(2)24(16-10-6-8-12-18(16)37)39-26(20,4)25(19,3)38-23(13)15-9-5-7-11-17(15)36/h5-12,36-37H,1-4H3. The molecule has 2 aliphatic carbocycles. The molecule has 1 fully saturated rings. The molecule has 2 atom stereocenters. The van der Waals surface area contributed by atoms with E-state index in [1.54, 1.807) is 50.2 Å². The first-order valence-electron chi connectivity index (χ1n) is 12.1. The van der Waals surface area contributed by atoms with Crippen LogP contribution in [0.5, 0.6) is 11.5 Å². The van der Waals surface area contributed by atoms with E-state index in [1.165, 1.54) is 26.0 Å². The van der Waals surface area contributed by atoms with Gasteiger partial charge in [0.1, 0.15) is 11.5 Å². The zero-order valence-electron chi connectivity index (χ0n) is 21.1. The lowest BCUT2D eigenvalue weighted by molar-refractivity contribution is -0.258. The Morgan fingerprint density at radius 3 is 1.23 bits per heavy atom. The molecule has 1 saturated carbocycles. The van der Waals surface area contributed by atoms with Crippen LogP contribution < -0.4 is 0 Å². The summed E-state index contributed by atoms with van der Waals surface area (Å²) in [6, 6.07) is 12.4. The van der Waals surface area contributed by atoms with Gasteiger partial charge in [-0.05, 0) is 62.1 Å². The summed E-state index contributed by atoms with van der Waals surface area (Å²) >= 11 is 2.19. The fraction of sp³-hybridized carbons (Fsp3) is 0.310. The average Bonchev–Trinajstić information content (AvgIpc) is 3.32. The molecule has 0 bridgehead atoms. The molecule has 2 nitrogen and oxygen atoms in total. The molecule has 39 heavy (non-hydrogen) atoms. The van der Waals surface area contributed by atoms with E-state index >= 15 is 26.3 Å². The Balaban J connectivity index is 1.75. The molecular formula is C29H22F6O2S2. The highest BCUT2D eigenvalue weighted by molar-refractivity contribution is 8.14. The summed E-state index contributed by atoms with van der Waals surface area (Å²) in [7, 11) is 0. The van der Waals surface area contributed by atoms with Crippen LogP contribution in [0, 0.1) is 0 Å². The fourth-order valence-corrected chi connectivity index (χ4v) is 9.81. The van der Waals surface area contributed by atoms with Crippen LogP contribution in [0.3, 0.4) is 0 Å². The first kappa shape index (κ1) is 26.5. The monoisotopic (exact) mass is 580 g/mol. The van der Waals surface area contributed by atoms with E-state index in [0.29, 0.717) is 20.9 Å². The summed E-state index contributed by atoms with van der Waals surface area (Å²) in [5.74, 6) is -16.3. The molecule has 2 heterocycles. The average molecular weight is 581 g/mol. The number of alkyl halides is 6. The van der Waals surface area contributed by atoms with Gasteiger partial charge in [0.25, 0.3) is 0 Å². The summed E-state index contributed by atoms with van der Waals surface area (Å²) < 4.78 is 90.0. The fourth-order valence-electron chi connectivity index (χ4n) is 6.36. The number of thioether (sulfide) groups is 2. The Bertz CT molecular complexity index is 1500. The van der Waals surface area contributed by atoms with Crippen molar-refractivity contribution in [2.45, 2.75) is 55.0 Å². The summed E-state index contributed by atoms with van der Waals surface area (Å²) in [6.45, 7) is 6.10. The highest BCUT2D eigenvalue weighted by Gasteiger charge is 2.84. The van der Waals surface area contributed by atoms with Crippen LogP contribution in [0.4, 0.5) is 26.3 Å². The normalized spacial score (nSPS) is 30.2. The lowest BCUT2D eigenvalue weighted by atomic mass is 9.68. The van der Waals surface area contributed by atoms with Gasteiger partial charge < -0.3 is 10.2 Å². The molecule has 0 spiro atoms. The first-order valence-corrected chi connectivity index (χ1v) is 13.7. The van der Waals surface area contributed by atoms with Gasteiger partial charge in [-0.25, -0.2) is 0 Å². The van der Waals surface area contributed by atoms with E-state index in [0.717, 1.165) is 23.5 Å². The number of para-hydroxylation sites is 2. The van der Waals surface area contributed by atoms with Gasteiger partial charge in [-0.15, -0.1) is 23.5 Å². The zero-order chi connectivity index (χ0) is 28.5. The van der Waals surface area contributed by atoms with Gasteiger partial charge in [0.05, 0.1) is 9.49 Å². The molecule has 2 aliphatic heterocycles. The number of rotatable bonds is 2. The second kappa shape index (κ2) is 7.72. The Hall–Kier alpha value is -2.72. The first-order chi connectivity index (χ1) is 18.0. The number of allylic oxidation sites excluding steroid dienone is 4. The van der Waals surface area contributed by atoms with Gasteiger partial charge in [-0.3, -0.25) is 0 Å². The summed E-state index contributed by atoms with van der Waals surface area (Å²) in [6.07, 6.45) is 0. The third-order valence-electron chi connectivity index (χ3n) is 8.37. The third kappa shape index (κ3) is 2.89. The van der Waals surface area contributed by atoms with Crippen molar-refractivity contribution in [3.63, 3.8) is 0 Å². The predicted molar refractivity (Wildman–Crippen MR) is 142 cm³/mol. The molecule has 2 unspecified atom stereocenters. The van der Waals surface area contributed by atoms with Crippen LogP contribution in [-0.2, 0) is 0 Å². The molecule has 0 saturated heterocycles. The van der Waals surface area contributed by atoms with Crippen molar-refractivity contribution in [3.05, 3.63) is 93.1 Å². The van der Waals surface area contributed by atoms with E-state index in [1.807, 2.05) is 0 Å². The SMILES string of the molecule is CC1=C(c2ccccc2O)SC2(C)C1=C1C(=C3C(C)=C(c4ccccc4O)SC32C)C(F)(F)C(F)(F)C1(F)F. The third-order valence-corrected chi connectivity index (χ3v) is 12.0. The summed E-state index contributed by atoms with van der Waals surface area (Å²) in [5, 5.41) is 21.1. The number of phenols is 2. The Morgan fingerprint density at radius 1 is 0.564 bits per heavy atom. The zero-order valence-corrected chi connectivity index (χ0v) is 22.7. The van der Waals surface area contributed by atoms with Gasteiger partial charge >= 0.3 is 17.8 Å². The van der Waals surface area contributed by atoms with Crippen LogP contribution in [-0.4, -0.2) is 37.5 Å². The summed E-state index contributed by atoms with van der Waals surface area (Å²) in [4.78, 5) is 0.701. The van der Waals surface area contributed by atoms with E-state index in [4.69, 9.17) is 0 Å². The molecule has 2 N–H and O–H groups in total. The van der Waals surface area contributed by atoms with Crippen molar-refractivity contribution in [3.8, 4) is 11.5 Å². The molecular weight excluding hydrogens is 558 g/mol. The van der Waals surface area contributed by atoms with Crippen molar-refractivity contribution in [2.75, 3.05) is 0 Å². The summed E-state index contributed by atoms with van der Waals surface area (Å²) in [5.41, 5.74) is -2.37. The molecule has 204 valence electrons. The number of halogens is 6. The molecule has 0 radical (unpaired) electrons. The molecule has 0 aromatic heterocycles. The minimum Gasteiger partial charge on any atom is -0.507 e. The number of fused-ring (bicyclic) bond motifs is 4. The topological polar surface area (TPSA) is 40.5 Å². The lowest BCUT2D eigenvalue weighted by Crippen LogP contribution is -2.49. The second-order valence-corrected chi connectivity index (χ2v) is 13.3. The van der Waals surface area contributed by atoms with Crippen molar-refractivity contribution >= 4 is 33.3 Å². The number of phenolic OH excluding ortho intramolecular Hbond substituents is 2. The molecule has 6 rings (SSSR count). The van der Waals surface area contributed by atoms with Gasteiger partial charge in [0, 0.05) is 32.1 Å². The van der Waals surface area contributed by atoms with Crippen LogP contribution >= 0.6 is 23.5 Å². The highest BCUT2D eigenvalue weighted by atomic mass is 32.2. The van der Waals surface area contributed by atoms with E-state index in [-0.39, 0.29) is 33.8 Å². The van der Waals surface area contributed by atoms with Crippen molar-refractivity contribution in [1.29, 1.82) is 0 Å². The largest absolute Gasteiger partial charge is 0.507 e.